The van der Waals surface area contributed by atoms with Gasteiger partial charge in [0.2, 0.25) is 21.8 Å². The first kappa shape index (κ1) is 26.6. The average Bonchev–Trinajstić information content (AvgIpc) is 3.65. The van der Waals surface area contributed by atoms with E-state index in [9.17, 15) is 18.0 Å². The van der Waals surface area contributed by atoms with Gasteiger partial charge < -0.3 is 14.7 Å². The van der Waals surface area contributed by atoms with Crippen LogP contribution < -0.4 is 4.72 Å². The van der Waals surface area contributed by atoms with Gasteiger partial charge in [-0.05, 0) is 81.4 Å². The number of rotatable bonds is 8. The van der Waals surface area contributed by atoms with Crippen molar-refractivity contribution < 1.29 is 18.0 Å². The van der Waals surface area contributed by atoms with Gasteiger partial charge in [-0.3, -0.25) is 9.59 Å². The lowest BCUT2D eigenvalue weighted by molar-refractivity contribution is -0.143. The first-order valence-corrected chi connectivity index (χ1v) is 15.7. The summed E-state index contributed by atoms with van der Waals surface area (Å²) in [6.45, 7) is 4.27. The second-order valence-electron chi connectivity index (χ2n) is 10.1. The Labute approximate surface area is 227 Å². The van der Waals surface area contributed by atoms with Crippen LogP contribution in [0.4, 0.5) is 0 Å². The van der Waals surface area contributed by atoms with Gasteiger partial charge >= 0.3 is 0 Å². The molecule has 200 valence electrons. The highest BCUT2D eigenvalue weighted by molar-refractivity contribution is 7.89. The average molecular weight is 565 g/mol. The van der Waals surface area contributed by atoms with E-state index in [1.807, 2.05) is 17.0 Å². The minimum atomic E-state index is -3.93. The molecule has 1 N–H and O–H groups in total. The van der Waals surface area contributed by atoms with Gasteiger partial charge in [-0.15, -0.1) is 11.3 Å². The zero-order chi connectivity index (χ0) is 26.0. The molecule has 11 heteroatoms. The maximum absolute atomic E-state index is 13.2. The van der Waals surface area contributed by atoms with Gasteiger partial charge in [0.15, 0.2) is 0 Å². The van der Waals surface area contributed by atoms with Crippen LogP contribution in [0, 0.1) is 0 Å². The van der Waals surface area contributed by atoms with E-state index in [1.54, 1.807) is 18.2 Å². The molecular formula is C26H33ClN4O4S2. The summed E-state index contributed by atoms with van der Waals surface area (Å²) >= 11 is 7.41. The van der Waals surface area contributed by atoms with Crippen molar-refractivity contribution in [1.29, 1.82) is 0 Å². The third kappa shape index (κ3) is 6.20. The fraction of sp³-hybridized carbons (Fsp3) is 0.538. The number of nitrogens with one attached hydrogen (secondary N) is 1. The van der Waals surface area contributed by atoms with E-state index >= 15 is 0 Å². The molecule has 8 nitrogen and oxygen atoms in total. The van der Waals surface area contributed by atoms with Crippen LogP contribution in [-0.4, -0.2) is 86.3 Å². The third-order valence-corrected chi connectivity index (χ3v) is 10.3. The summed E-state index contributed by atoms with van der Waals surface area (Å²) in [6.07, 6.45) is 5.45. The number of likely N-dealkylation sites (tertiary alicyclic amines) is 3. The fourth-order valence-electron chi connectivity index (χ4n) is 5.62. The number of carbonyl (C=O) groups is 2. The van der Waals surface area contributed by atoms with Gasteiger partial charge in [-0.25, -0.2) is 8.42 Å². The number of piperidine rings is 1. The molecule has 2 atom stereocenters. The summed E-state index contributed by atoms with van der Waals surface area (Å²) in [6, 6.07) is 9.55. The maximum Gasteiger partial charge on any atom is 0.242 e. The fourth-order valence-corrected chi connectivity index (χ4v) is 7.93. The molecule has 3 saturated heterocycles. The normalized spacial score (nSPS) is 23.2. The van der Waals surface area contributed by atoms with Crippen molar-refractivity contribution in [3.8, 4) is 10.4 Å². The highest BCUT2D eigenvalue weighted by Gasteiger charge is 2.36. The van der Waals surface area contributed by atoms with Gasteiger partial charge in [0.1, 0.15) is 6.04 Å². The number of halogens is 1. The number of carbonyl (C=O) groups excluding carboxylic acids is 2. The quantitative estimate of drug-likeness (QED) is 0.530. The third-order valence-electron chi connectivity index (χ3n) is 7.52. The van der Waals surface area contributed by atoms with E-state index in [0.717, 1.165) is 49.5 Å². The minimum absolute atomic E-state index is 0.00217. The smallest absolute Gasteiger partial charge is 0.242 e. The van der Waals surface area contributed by atoms with Crippen LogP contribution in [0.1, 0.15) is 38.5 Å². The summed E-state index contributed by atoms with van der Waals surface area (Å²) in [5, 5.41) is 0. The zero-order valence-corrected chi connectivity index (χ0v) is 23.2. The number of thiophene rings is 1. The van der Waals surface area contributed by atoms with Gasteiger partial charge in [-0.1, -0.05) is 23.7 Å². The second-order valence-corrected chi connectivity index (χ2v) is 13.5. The highest BCUT2D eigenvalue weighted by Crippen LogP contribution is 2.32. The minimum Gasteiger partial charge on any atom is -0.337 e. The topological polar surface area (TPSA) is 90.0 Å². The Kier molecular flexibility index (Phi) is 8.21. The molecule has 5 rings (SSSR count). The van der Waals surface area contributed by atoms with Crippen molar-refractivity contribution in [2.24, 2.45) is 0 Å². The van der Waals surface area contributed by atoms with Crippen LogP contribution in [0.2, 0.25) is 4.34 Å². The van der Waals surface area contributed by atoms with Crippen LogP contribution in [0.25, 0.3) is 10.4 Å². The van der Waals surface area contributed by atoms with E-state index in [4.69, 9.17) is 11.6 Å². The Morgan fingerprint density at radius 3 is 2.57 bits per heavy atom. The van der Waals surface area contributed by atoms with Crippen LogP contribution >= 0.6 is 22.9 Å². The molecule has 0 bridgehead atoms. The summed E-state index contributed by atoms with van der Waals surface area (Å²) in [7, 11) is -3.93. The van der Waals surface area contributed by atoms with Crippen molar-refractivity contribution in [2.75, 3.05) is 39.3 Å². The molecule has 2 amide bonds. The molecular weight excluding hydrogens is 532 g/mol. The van der Waals surface area contributed by atoms with Gasteiger partial charge in [0.05, 0.1) is 15.8 Å². The first-order chi connectivity index (χ1) is 17.8. The van der Waals surface area contributed by atoms with E-state index in [1.165, 1.54) is 35.1 Å². The van der Waals surface area contributed by atoms with Gasteiger partial charge in [0.25, 0.3) is 0 Å². The summed E-state index contributed by atoms with van der Waals surface area (Å²) in [4.78, 5) is 33.3. The molecule has 0 aliphatic carbocycles. The van der Waals surface area contributed by atoms with Crippen molar-refractivity contribution in [3.05, 3.63) is 40.7 Å². The van der Waals surface area contributed by atoms with Crippen molar-refractivity contribution in [1.82, 2.24) is 19.4 Å². The Morgan fingerprint density at radius 1 is 1.03 bits per heavy atom. The molecule has 2 unspecified atom stereocenters. The number of hydrogen-bond acceptors (Lipinski definition) is 6. The number of nitrogens with zero attached hydrogens (tertiary/aromatic N) is 3. The second kappa shape index (κ2) is 11.4. The summed E-state index contributed by atoms with van der Waals surface area (Å²) in [5.41, 5.74) is 0.746. The summed E-state index contributed by atoms with van der Waals surface area (Å²) in [5.74, 6) is -0.375. The number of benzene rings is 1. The first-order valence-electron chi connectivity index (χ1n) is 13.0. The molecule has 3 fully saturated rings. The van der Waals surface area contributed by atoms with Crippen molar-refractivity contribution in [3.63, 3.8) is 0 Å². The molecule has 37 heavy (non-hydrogen) atoms. The van der Waals surface area contributed by atoms with E-state index in [-0.39, 0.29) is 29.3 Å². The van der Waals surface area contributed by atoms with Gasteiger partial charge in [-0.2, -0.15) is 4.72 Å². The largest absolute Gasteiger partial charge is 0.337 e. The van der Waals surface area contributed by atoms with E-state index in [0.29, 0.717) is 23.7 Å². The lowest BCUT2D eigenvalue weighted by Gasteiger charge is -2.34. The lowest BCUT2D eigenvalue weighted by Crippen LogP contribution is -2.55. The van der Waals surface area contributed by atoms with E-state index in [2.05, 4.69) is 9.62 Å². The monoisotopic (exact) mass is 564 g/mol. The van der Waals surface area contributed by atoms with Crippen LogP contribution in [-0.2, 0) is 19.6 Å². The molecule has 3 aliphatic heterocycles. The molecule has 0 spiro atoms. The van der Waals surface area contributed by atoms with Crippen LogP contribution in [0.5, 0.6) is 0 Å². The molecule has 0 saturated carbocycles. The van der Waals surface area contributed by atoms with Crippen LogP contribution in [0.15, 0.2) is 41.3 Å². The predicted molar refractivity (Wildman–Crippen MR) is 145 cm³/mol. The standard InChI is InChI=1S/C26H33ClN4O4S2/c27-24-11-10-23(36-24)19-6-3-8-21(16-19)37(34,35)28-22-9-5-14-30(26(22)33)18-25(32)31-15-4-7-20(31)17-29-12-1-2-13-29/h3,6,8,10-11,16,20,22,28H,1-2,4-5,7,9,12-15,17-18H2. The molecule has 2 aromatic rings. The number of amides is 2. The Bertz CT molecular complexity index is 1240. The molecule has 0 radical (unpaired) electrons. The molecule has 3 aliphatic rings. The SMILES string of the molecule is O=C1C(NS(=O)(=O)c2cccc(-c3ccc(Cl)s3)c2)CCCN1CC(=O)N1CCCC1CN1CCCC1. The summed E-state index contributed by atoms with van der Waals surface area (Å²) < 4.78 is 29.6. The van der Waals surface area contributed by atoms with Crippen LogP contribution in [0.3, 0.4) is 0 Å². The maximum atomic E-state index is 13.2. The van der Waals surface area contributed by atoms with E-state index < -0.39 is 16.1 Å². The molecule has 1 aromatic carbocycles. The lowest BCUT2D eigenvalue weighted by atomic mass is 10.1. The van der Waals surface area contributed by atoms with Gasteiger partial charge in [0, 0.05) is 30.6 Å². The number of hydrogen-bond donors (Lipinski definition) is 1. The zero-order valence-electron chi connectivity index (χ0n) is 20.8. The Hall–Kier alpha value is -1.98. The Balaban J connectivity index is 1.22. The molecule has 1 aromatic heterocycles. The van der Waals surface area contributed by atoms with Crippen molar-refractivity contribution >= 4 is 44.8 Å². The van der Waals surface area contributed by atoms with Crippen molar-refractivity contribution in [2.45, 2.75) is 55.5 Å². The predicted octanol–water partition coefficient (Wildman–Crippen LogP) is 3.42. The highest BCUT2D eigenvalue weighted by atomic mass is 35.5. The molecule has 4 heterocycles. The Morgan fingerprint density at radius 2 is 1.81 bits per heavy atom. The number of sulfonamides is 1.